The third kappa shape index (κ3) is 4.68. The van der Waals surface area contributed by atoms with Crippen LogP contribution in [0.1, 0.15) is 26.2 Å². The molecule has 0 spiro atoms. The highest BCUT2D eigenvalue weighted by Crippen LogP contribution is 2.13. The maximum atomic E-state index is 11.7. The summed E-state index contributed by atoms with van der Waals surface area (Å²) >= 11 is 5.63. The Morgan fingerprint density at radius 2 is 2.33 bits per heavy atom. The van der Waals surface area contributed by atoms with Crippen LogP contribution in [-0.4, -0.2) is 38.8 Å². The Labute approximate surface area is 96.4 Å². The summed E-state index contributed by atoms with van der Waals surface area (Å²) in [6, 6.07) is -0.168. The van der Waals surface area contributed by atoms with Crippen molar-refractivity contribution in [2.24, 2.45) is 0 Å². The first-order valence-corrected chi connectivity index (χ1v) is 7.43. The van der Waals surface area contributed by atoms with Gasteiger partial charge in [-0.15, -0.1) is 11.6 Å². The summed E-state index contributed by atoms with van der Waals surface area (Å²) in [7, 11) is -3.25. The lowest BCUT2D eigenvalue weighted by molar-refractivity contribution is 0.127. The van der Waals surface area contributed by atoms with E-state index in [1.165, 1.54) is 0 Å². The van der Waals surface area contributed by atoms with Crippen molar-refractivity contribution in [3.63, 3.8) is 0 Å². The van der Waals surface area contributed by atoms with E-state index in [1.54, 1.807) is 0 Å². The van der Waals surface area contributed by atoms with Crippen LogP contribution in [0.2, 0.25) is 0 Å². The molecule has 1 N–H and O–H groups in total. The van der Waals surface area contributed by atoms with Crippen molar-refractivity contribution in [3.05, 3.63) is 0 Å². The fourth-order valence-corrected chi connectivity index (χ4v) is 3.54. The van der Waals surface area contributed by atoms with E-state index in [1.807, 2.05) is 6.92 Å². The number of hydrogen-bond acceptors (Lipinski definition) is 3. The number of ether oxygens (including phenoxy) is 1. The third-order valence-electron chi connectivity index (χ3n) is 2.45. The molecule has 0 aliphatic carbocycles. The fraction of sp³-hybridized carbons (Fsp3) is 1.00. The highest BCUT2D eigenvalue weighted by Gasteiger charge is 2.24. The molecule has 1 heterocycles. The lowest BCUT2D eigenvalue weighted by atomic mass is 10.3. The molecule has 1 rings (SSSR count). The van der Waals surface area contributed by atoms with Crippen LogP contribution in [-0.2, 0) is 14.8 Å². The van der Waals surface area contributed by atoms with Crippen LogP contribution in [0.25, 0.3) is 0 Å². The van der Waals surface area contributed by atoms with Gasteiger partial charge in [0.25, 0.3) is 0 Å². The molecule has 15 heavy (non-hydrogen) atoms. The van der Waals surface area contributed by atoms with Gasteiger partial charge in [0, 0.05) is 18.5 Å². The Morgan fingerprint density at radius 3 is 2.80 bits per heavy atom. The zero-order valence-corrected chi connectivity index (χ0v) is 10.5. The summed E-state index contributed by atoms with van der Waals surface area (Å²) in [4.78, 5) is 0. The van der Waals surface area contributed by atoms with Crippen LogP contribution in [0, 0.1) is 0 Å². The van der Waals surface area contributed by atoms with Gasteiger partial charge in [-0.3, -0.25) is 0 Å². The summed E-state index contributed by atoms with van der Waals surface area (Å²) < 4.78 is 31.2. The number of halogens is 1. The van der Waals surface area contributed by atoms with Gasteiger partial charge in [0.1, 0.15) is 0 Å². The lowest BCUT2D eigenvalue weighted by Gasteiger charge is -2.16. The molecule has 2 unspecified atom stereocenters. The highest BCUT2D eigenvalue weighted by molar-refractivity contribution is 7.89. The maximum absolute atomic E-state index is 11.7. The molecule has 0 saturated carbocycles. The molecule has 0 aromatic heterocycles. The van der Waals surface area contributed by atoms with E-state index in [0.717, 1.165) is 12.8 Å². The van der Waals surface area contributed by atoms with Gasteiger partial charge in [0.2, 0.25) is 10.0 Å². The predicted molar refractivity (Wildman–Crippen MR) is 60.7 cm³/mol. The molecule has 2 atom stereocenters. The maximum Gasteiger partial charge on any atom is 0.214 e. The fourth-order valence-electron chi connectivity index (χ4n) is 1.55. The van der Waals surface area contributed by atoms with Crippen LogP contribution in [0.15, 0.2) is 0 Å². The van der Waals surface area contributed by atoms with Crippen LogP contribution in [0.5, 0.6) is 0 Å². The summed E-state index contributed by atoms with van der Waals surface area (Å²) in [5.74, 6) is 0.363. The highest BCUT2D eigenvalue weighted by atomic mass is 35.5. The summed E-state index contributed by atoms with van der Waals surface area (Å²) in [6.07, 6.45) is 2.34. The SMILES string of the molecule is CCC(CCl)NS(=O)(=O)CC1CCCO1. The van der Waals surface area contributed by atoms with Crippen molar-refractivity contribution in [2.45, 2.75) is 38.3 Å². The largest absolute Gasteiger partial charge is 0.377 e. The average Bonchev–Trinajstić information content (AvgIpc) is 2.66. The van der Waals surface area contributed by atoms with Crippen LogP contribution >= 0.6 is 11.6 Å². The van der Waals surface area contributed by atoms with Crippen molar-refractivity contribution >= 4 is 21.6 Å². The standard InChI is InChI=1S/C9H18ClNO3S/c1-2-8(6-10)11-15(12,13)7-9-4-3-5-14-9/h8-9,11H,2-7H2,1H3. The average molecular weight is 256 g/mol. The second kappa shape index (κ2) is 6.03. The van der Waals surface area contributed by atoms with E-state index < -0.39 is 10.0 Å². The number of alkyl halides is 1. The van der Waals surface area contributed by atoms with Crippen LogP contribution in [0.3, 0.4) is 0 Å². The Balaban J connectivity index is 2.43. The Kier molecular flexibility index (Phi) is 5.32. The van der Waals surface area contributed by atoms with E-state index in [4.69, 9.17) is 16.3 Å². The second-order valence-corrected chi connectivity index (χ2v) is 5.90. The van der Waals surface area contributed by atoms with E-state index in [0.29, 0.717) is 18.9 Å². The summed E-state index contributed by atoms with van der Waals surface area (Å²) in [5.41, 5.74) is 0. The number of sulfonamides is 1. The molecular weight excluding hydrogens is 238 g/mol. The number of nitrogens with one attached hydrogen (secondary N) is 1. The van der Waals surface area contributed by atoms with E-state index in [-0.39, 0.29) is 17.9 Å². The minimum absolute atomic E-state index is 0.0559. The molecule has 0 aromatic carbocycles. The molecule has 1 saturated heterocycles. The monoisotopic (exact) mass is 255 g/mol. The van der Waals surface area contributed by atoms with Gasteiger partial charge in [-0.05, 0) is 19.3 Å². The number of rotatable bonds is 6. The predicted octanol–water partition coefficient (Wildman–Crippen LogP) is 1.10. The summed E-state index contributed by atoms with van der Waals surface area (Å²) in [6.45, 7) is 2.58. The lowest BCUT2D eigenvalue weighted by Crippen LogP contribution is -2.39. The van der Waals surface area contributed by atoms with Crippen LogP contribution in [0.4, 0.5) is 0 Å². The topological polar surface area (TPSA) is 55.4 Å². The minimum Gasteiger partial charge on any atom is -0.377 e. The van der Waals surface area contributed by atoms with Gasteiger partial charge in [-0.2, -0.15) is 0 Å². The first-order chi connectivity index (χ1) is 7.07. The van der Waals surface area contributed by atoms with Crippen molar-refractivity contribution in [1.29, 1.82) is 0 Å². The smallest absolute Gasteiger partial charge is 0.214 e. The molecule has 0 bridgehead atoms. The van der Waals surface area contributed by atoms with Gasteiger partial charge < -0.3 is 4.74 Å². The van der Waals surface area contributed by atoms with Crippen LogP contribution < -0.4 is 4.72 Å². The van der Waals surface area contributed by atoms with Crippen molar-refractivity contribution < 1.29 is 13.2 Å². The van der Waals surface area contributed by atoms with E-state index >= 15 is 0 Å². The molecule has 0 radical (unpaired) electrons. The van der Waals surface area contributed by atoms with Gasteiger partial charge in [0.05, 0.1) is 11.9 Å². The normalized spacial score (nSPS) is 24.3. The van der Waals surface area contributed by atoms with E-state index in [2.05, 4.69) is 4.72 Å². The first kappa shape index (κ1) is 13.2. The zero-order valence-electron chi connectivity index (χ0n) is 8.91. The van der Waals surface area contributed by atoms with Gasteiger partial charge in [-0.25, -0.2) is 13.1 Å². The second-order valence-electron chi connectivity index (χ2n) is 3.79. The van der Waals surface area contributed by atoms with Crippen molar-refractivity contribution in [2.75, 3.05) is 18.2 Å². The summed E-state index contributed by atoms with van der Waals surface area (Å²) in [5, 5.41) is 0. The van der Waals surface area contributed by atoms with Gasteiger partial charge in [0.15, 0.2) is 0 Å². The molecule has 0 aromatic rings. The molecule has 6 heteroatoms. The molecule has 1 aliphatic rings. The van der Waals surface area contributed by atoms with Crippen molar-refractivity contribution in [1.82, 2.24) is 4.72 Å². The first-order valence-electron chi connectivity index (χ1n) is 5.25. The minimum atomic E-state index is -3.25. The van der Waals surface area contributed by atoms with Crippen molar-refractivity contribution in [3.8, 4) is 0 Å². The third-order valence-corrected chi connectivity index (χ3v) is 4.33. The Morgan fingerprint density at radius 1 is 1.60 bits per heavy atom. The Bertz CT molecular complexity index is 261. The molecular formula is C9H18ClNO3S. The van der Waals surface area contributed by atoms with Gasteiger partial charge in [-0.1, -0.05) is 6.92 Å². The molecule has 90 valence electrons. The van der Waals surface area contributed by atoms with Gasteiger partial charge >= 0.3 is 0 Å². The van der Waals surface area contributed by atoms with E-state index in [9.17, 15) is 8.42 Å². The zero-order chi connectivity index (χ0) is 11.3. The molecule has 1 fully saturated rings. The molecule has 1 aliphatic heterocycles. The molecule has 0 amide bonds. The molecule has 4 nitrogen and oxygen atoms in total. The quantitative estimate of drug-likeness (QED) is 0.724. The Hall–Kier alpha value is 0.160. The number of hydrogen-bond donors (Lipinski definition) is 1.